The van der Waals surface area contributed by atoms with E-state index in [1.807, 2.05) is 30.3 Å². The Morgan fingerprint density at radius 3 is 2.38 bits per heavy atom. The molecule has 24 heavy (non-hydrogen) atoms. The van der Waals surface area contributed by atoms with Crippen LogP contribution in [0.2, 0.25) is 0 Å². The molecule has 1 heterocycles. The Morgan fingerprint density at radius 1 is 1.08 bits per heavy atom. The fourth-order valence-electron chi connectivity index (χ4n) is 3.07. The van der Waals surface area contributed by atoms with Gasteiger partial charge in [0.2, 0.25) is 11.8 Å². The molecule has 2 aromatic carbocycles. The second-order valence-corrected chi connectivity index (χ2v) is 6.05. The van der Waals surface area contributed by atoms with E-state index in [1.165, 1.54) is 6.07 Å². The number of nitro groups is 1. The molecule has 0 spiro atoms. The third-order valence-electron chi connectivity index (χ3n) is 4.45. The number of hydrogen-bond acceptors (Lipinski definition) is 4. The average molecular weight is 324 g/mol. The summed E-state index contributed by atoms with van der Waals surface area (Å²) in [6.45, 7) is 1.65. The topological polar surface area (TPSA) is 80.5 Å². The number of para-hydroxylation sites is 1. The third-order valence-corrected chi connectivity index (χ3v) is 4.45. The molecule has 0 N–H and O–H groups in total. The molecule has 122 valence electrons. The Labute approximate surface area is 138 Å². The van der Waals surface area contributed by atoms with Crippen LogP contribution in [-0.2, 0) is 21.5 Å². The number of likely N-dealkylation sites (tertiary alicyclic amines) is 1. The van der Waals surface area contributed by atoms with Crippen LogP contribution in [0.15, 0.2) is 54.6 Å². The molecule has 2 aromatic rings. The summed E-state index contributed by atoms with van der Waals surface area (Å²) in [5.74, 6) is -0.638. The highest BCUT2D eigenvalue weighted by Crippen LogP contribution is 2.37. The smallest absolute Gasteiger partial charge is 0.274 e. The zero-order valence-corrected chi connectivity index (χ0v) is 13.1. The molecule has 0 saturated carbocycles. The molecule has 1 unspecified atom stereocenters. The number of benzene rings is 2. The van der Waals surface area contributed by atoms with Gasteiger partial charge in [0.25, 0.3) is 5.69 Å². The first-order valence-electron chi connectivity index (χ1n) is 7.56. The van der Waals surface area contributed by atoms with Crippen molar-refractivity contribution in [3.63, 3.8) is 0 Å². The highest BCUT2D eigenvalue weighted by Gasteiger charge is 2.49. The second kappa shape index (κ2) is 5.88. The van der Waals surface area contributed by atoms with Crippen molar-refractivity contribution >= 4 is 17.5 Å². The van der Waals surface area contributed by atoms with Crippen LogP contribution in [0.3, 0.4) is 0 Å². The Hall–Kier alpha value is -3.02. The molecular formula is C18H16N2O4. The summed E-state index contributed by atoms with van der Waals surface area (Å²) in [6.07, 6.45) is 0.0660. The summed E-state index contributed by atoms with van der Waals surface area (Å²) < 4.78 is 0. The third kappa shape index (κ3) is 2.56. The van der Waals surface area contributed by atoms with Gasteiger partial charge in [-0.15, -0.1) is 0 Å². The molecule has 1 fully saturated rings. The van der Waals surface area contributed by atoms with Crippen LogP contribution in [0, 0.1) is 10.1 Å². The van der Waals surface area contributed by atoms with Gasteiger partial charge in [-0.3, -0.25) is 24.6 Å². The van der Waals surface area contributed by atoms with Crippen molar-refractivity contribution in [2.75, 3.05) is 0 Å². The number of rotatable bonds is 4. The maximum atomic E-state index is 12.9. The number of nitro benzene ring substituents is 1. The van der Waals surface area contributed by atoms with E-state index in [2.05, 4.69) is 0 Å². The summed E-state index contributed by atoms with van der Waals surface area (Å²) in [5.41, 5.74) is 0.100. The Kier molecular flexibility index (Phi) is 3.89. The number of imide groups is 1. The van der Waals surface area contributed by atoms with Crippen molar-refractivity contribution in [3.05, 3.63) is 75.8 Å². The molecule has 1 aliphatic heterocycles. The van der Waals surface area contributed by atoms with Crippen LogP contribution in [0.1, 0.15) is 24.5 Å². The van der Waals surface area contributed by atoms with Gasteiger partial charge in [-0.1, -0.05) is 48.5 Å². The summed E-state index contributed by atoms with van der Waals surface area (Å²) in [7, 11) is 0. The molecule has 6 heteroatoms. The molecule has 2 amide bonds. The molecule has 1 atom stereocenters. The molecule has 0 bridgehead atoms. The van der Waals surface area contributed by atoms with Gasteiger partial charge in [-0.2, -0.15) is 0 Å². The normalized spacial score (nSPS) is 20.5. The lowest BCUT2D eigenvalue weighted by atomic mass is 9.81. The van der Waals surface area contributed by atoms with Gasteiger partial charge in [0.1, 0.15) is 0 Å². The van der Waals surface area contributed by atoms with Crippen LogP contribution in [0.25, 0.3) is 0 Å². The number of carbonyl (C=O) groups excluding carboxylic acids is 2. The van der Waals surface area contributed by atoms with Crippen LogP contribution in [-0.4, -0.2) is 21.6 Å². The Morgan fingerprint density at radius 2 is 1.71 bits per heavy atom. The highest BCUT2D eigenvalue weighted by molar-refractivity contribution is 6.08. The van der Waals surface area contributed by atoms with E-state index in [-0.39, 0.29) is 30.5 Å². The lowest BCUT2D eigenvalue weighted by molar-refractivity contribution is -0.385. The molecule has 0 aliphatic carbocycles. The maximum Gasteiger partial charge on any atom is 0.274 e. The number of carbonyl (C=O) groups is 2. The van der Waals surface area contributed by atoms with Crippen LogP contribution in [0.5, 0.6) is 0 Å². The largest absolute Gasteiger partial charge is 0.277 e. The molecular weight excluding hydrogens is 308 g/mol. The minimum Gasteiger partial charge on any atom is -0.277 e. The molecule has 6 nitrogen and oxygen atoms in total. The first kappa shape index (κ1) is 15.9. The predicted octanol–water partition coefficient (Wildman–Crippen LogP) is 2.81. The van der Waals surface area contributed by atoms with E-state index < -0.39 is 10.3 Å². The molecule has 1 aliphatic rings. The van der Waals surface area contributed by atoms with Crippen molar-refractivity contribution in [1.29, 1.82) is 0 Å². The minimum atomic E-state index is -0.929. The Bertz CT molecular complexity index is 819. The maximum absolute atomic E-state index is 12.9. The summed E-state index contributed by atoms with van der Waals surface area (Å²) in [5, 5.41) is 11.1. The van der Waals surface area contributed by atoms with Gasteiger partial charge in [0.05, 0.1) is 16.9 Å². The number of nitrogens with zero attached hydrogens (tertiary/aromatic N) is 2. The van der Waals surface area contributed by atoms with Gasteiger partial charge < -0.3 is 0 Å². The van der Waals surface area contributed by atoms with Crippen molar-refractivity contribution < 1.29 is 14.5 Å². The SMILES string of the molecule is CC1(c2ccccc2)CC(=O)N(Cc2ccccc2[N+](=O)[O-])C1=O. The standard InChI is InChI=1S/C18H16N2O4/c1-18(14-8-3-2-4-9-14)11-16(21)19(17(18)22)12-13-7-5-6-10-15(13)20(23)24/h2-10H,11-12H2,1H3. The zero-order valence-electron chi connectivity index (χ0n) is 13.1. The zero-order chi connectivity index (χ0) is 17.3. The van der Waals surface area contributed by atoms with E-state index in [0.717, 1.165) is 10.5 Å². The van der Waals surface area contributed by atoms with E-state index in [1.54, 1.807) is 25.1 Å². The fraction of sp³-hybridized carbons (Fsp3) is 0.222. The minimum absolute atomic E-state index is 0.0660. The van der Waals surface area contributed by atoms with E-state index >= 15 is 0 Å². The van der Waals surface area contributed by atoms with Gasteiger partial charge in [0.15, 0.2) is 0 Å². The molecule has 0 aromatic heterocycles. The van der Waals surface area contributed by atoms with Gasteiger partial charge in [-0.25, -0.2) is 0 Å². The van der Waals surface area contributed by atoms with Crippen molar-refractivity contribution in [2.24, 2.45) is 0 Å². The highest BCUT2D eigenvalue weighted by atomic mass is 16.6. The van der Waals surface area contributed by atoms with Gasteiger partial charge in [0, 0.05) is 18.1 Å². The van der Waals surface area contributed by atoms with E-state index in [0.29, 0.717) is 5.56 Å². The van der Waals surface area contributed by atoms with Crippen molar-refractivity contribution in [2.45, 2.75) is 25.3 Å². The van der Waals surface area contributed by atoms with Crippen LogP contribution < -0.4 is 0 Å². The first-order valence-corrected chi connectivity index (χ1v) is 7.56. The second-order valence-electron chi connectivity index (χ2n) is 6.05. The average Bonchev–Trinajstić information content (AvgIpc) is 2.80. The Balaban J connectivity index is 1.93. The van der Waals surface area contributed by atoms with Crippen LogP contribution >= 0.6 is 0 Å². The molecule has 3 rings (SSSR count). The van der Waals surface area contributed by atoms with Crippen LogP contribution in [0.4, 0.5) is 5.69 Å². The van der Waals surface area contributed by atoms with E-state index in [4.69, 9.17) is 0 Å². The predicted molar refractivity (Wildman–Crippen MR) is 87.1 cm³/mol. The van der Waals surface area contributed by atoms with Gasteiger partial charge >= 0.3 is 0 Å². The van der Waals surface area contributed by atoms with E-state index in [9.17, 15) is 19.7 Å². The fourth-order valence-corrected chi connectivity index (χ4v) is 3.07. The number of hydrogen-bond donors (Lipinski definition) is 0. The van der Waals surface area contributed by atoms with Crippen molar-refractivity contribution in [1.82, 2.24) is 4.90 Å². The first-order chi connectivity index (χ1) is 11.4. The lowest BCUT2D eigenvalue weighted by Crippen LogP contribution is -2.36. The molecule has 0 radical (unpaired) electrons. The van der Waals surface area contributed by atoms with Crippen molar-refractivity contribution in [3.8, 4) is 0 Å². The summed E-state index contributed by atoms with van der Waals surface area (Å²) >= 11 is 0. The molecule has 1 saturated heterocycles. The summed E-state index contributed by atoms with van der Waals surface area (Å²) in [6, 6.07) is 15.3. The van der Waals surface area contributed by atoms with Gasteiger partial charge in [-0.05, 0) is 12.5 Å². The summed E-state index contributed by atoms with van der Waals surface area (Å²) in [4.78, 5) is 37.0. The number of amides is 2. The quantitative estimate of drug-likeness (QED) is 0.492. The lowest BCUT2D eigenvalue weighted by Gasteiger charge is -2.22. The monoisotopic (exact) mass is 324 g/mol.